The number of benzene rings is 1. The molecule has 0 fully saturated rings. The molecule has 0 atom stereocenters. The number of carbonyl (C=O) groups excluding carboxylic acids is 1. The van der Waals surface area contributed by atoms with Gasteiger partial charge >= 0.3 is 0 Å². The van der Waals surface area contributed by atoms with E-state index in [1.54, 1.807) is 0 Å². The van der Waals surface area contributed by atoms with E-state index in [0.29, 0.717) is 0 Å². The summed E-state index contributed by atoms with van der Waals surface area (Å²) in [6.45, 7) is 2.80. The topological polar surface area (TPSA) is 61.7 Å². The maximum absolute atomic E-state index is 11.2. The molecule has 0 bridgehead atoms. The minimum absolute atomic E-state index is 0.543. The highest BCUT2D eigenvalue weighted by Gasteiger charge is 2.22. The lowest BCUT2D eigenvalue weighted by atomic mass is 10.1. The third-order valence-corrected chi connectivity index (χ3v) is 2.28. The smallest absolute Gasteiger partial charge is 0.271 e. The maximum atomic E-state index is 11.2. The molecule has 0 aliphatic rings. The van der Waals surface area contributed by atoms with Crippen LogP contribution in [0.3, 0.4) is 0 Å². The fourth-order valence-electron chi connectivity index (χ4n) is 0.889. The van der Waals surface area contributed by atoms with Crippen molar-refractivity contribution in [3.63, 3.8) is 0 Å². The number of carbonyl (C=O) groups is 1. The molecule has 2 N–H and O–H groups in total. The second kappa shape index (κ2) is 5.23. The number of nitrogens with zero attached hydrogens (tertiary/aromatic N) is 1. The number of aliphatic hydroxyl groups is 1. The molecule has 1 rings (SSSR count). The van der Waals surface area contributed by atoms with E-state index in [2.05, 4.69) is 26.5 Å². The van der Waals surface area contributed by atoms with Crippen LogP contribution in [-0.2, 0) is 4.79 Å². The van der Waals surface area contributed by atoms with Crippen molar-refractivity contribution in [2.75, 3.05) is 0 Å². The first kappa shape index (κ1) is 12.9. The first-order valence-electron chi connectivity index (χ1n) is 4.71. The predicted octanol–water partition coefficient (Wildman–Crippen LogP) is 1.67. The van der Waals surface area contributed by atoms with Crippen molar-refractivity contribution >= 4 is 28.1 Å². The van der Waals surface area contributed by atoms with Gasteiger partial charge in [-0.1, -0.05) is 28.1 Å². The van der Waals surface area contributed by atoms with E-state index in [1.165, 1.54) is 20.1 Å². The standard InChI is InChI=1S/C11H13BrN2O2/c1-11(2,16)10(15)14-13-7-8-4-3-5-9(12)6-8/h3-7,16H,1-2H3,(H,14,15)/b13-7-. The highest BCUT2D eigenvalue weighted by atomic mass is 79.9. The second-order valence-corrected chi connectivity index (χ2v) is 4.73. The lowest BCUT2D eigenvalue weighted by Crippen LogP contribution is -2.39. The fourth-order valence-corrected chi connectivity index (χ4v) is 1.31. The molecule has 5 heteroatoms. The van der Waals surface area contributed by atoms with Crippen LogP contribution < -0.4 is 5.43 Å². The van der Waals surface area contributed by atoms with Gasteiger partial charge in [-0.2, -0.15) is 5.10 Å². The molecule has 0 aromatic heterocycles. The zero-order chi connectivity index (χ0) is 12.2. The minimum Gasteiger partial charge on any atom is -0.381 e. The maximum Gasteiger partial charge on any atom is 0.271 e. The Balaban J connectivity index is 2.59. The summed E-state index contributed by atoms with van der Waals surface area (Å²) in [6, 6.07) is 7.47. The lowest BCUT2D eigenvalue weighted by molar-refractivity contribution is -0.136. The quantitative estimate of drug-likeness (QED) is 0.655. The highest BCUT2D eigenvalue weighted by Crippen LogP contribution is 2.09. The van der Waals surface area contributed by atoms with E-state index in [0.717, 1.165) is 10.0 Å². The van der Waals surface area contributed by atoms with Crippen molar-refractivity contribution in [1.29, 1.82) is 0 Å². The normalized spacial score (nSPS) is 11.8. The summed E-state index contributed by atoms with van der Waals surface area (Å²) in [4.78, 5) is 11.2. The molecule has 0 aliphatic carbocycles. The van der Waals surface area contributed by atoms with E-state index >= 15 is 0 Å². The van der Waals surface area contributed by atoms with Crippen LogP contribution in [0.4, 0.5) is 0 Å². The van der Waals surface area contributed by atoms with E-state index in [-0.39, 0.29) is 0 Å². The predicted molar refractivity (Wildman–Crippen MR) is 66.2 cm³/mol. The molecule has 0 heterocycles. The Morgan fingerprint density at radius 1 is 1.56 bits per heavy atom. The molecule has 0 unspecified atom stereocenters. The number of hydrogen-bond donors (Lipinski definition) is 2. The number of halogens is 1. The Labute approximate surface area is 102 Å². The summed E-state index contributed by atoms with van der Waals surface area (Å²) in [6.07, 6.45) is 1.51. The summed E-state index contributed by atoms with van der Waals surface area (Å²) >= 11 is 3.33. The number of rotatable bonds is 3. The Kier molecular flexibility index (Phi) is 4.20. The Morgan fingerprint density at radius 2 is 2.25 bits per heavy atom. The summed E-state index contributed by atoms with van der Waals surface area (Å²) in [5.41, 5.74) is 1.69. The van der Waals surface area contributed by atoms with Gasteiger partial charge in [0.25, 0.3) is 5.91 Å². The molecule has 16 heavy (non-hydrogen) atoms. The molecule has 4 nitrogen and oxygen atoms in total. The fraction of sp³-hybridized carbons (Fsp3) is 0.273. The van der Waals surface area contributed by atoms with E-state index < -0.39 is 11.5 Å². The van der Waals surface area contributed by atoms with Gasteiger partial charge in [-0.25, -0.2) is 5.43 Å². The van der Waals surface area contributed by atoms with Crippen molar-refractivity contribution < 1.29 is 9.90 Å². The van der Waals surface area contributed by atoms with Crippen molar-refractivity contribution in [1.82, 2.24) is 5.43 Å². The Hall–Kier alpha value is -1.20. The van der Waals surface area contributed by atoms with Gasteiger partial charge in [-0.3, -0.25) is 4.79 Å². The first-order chi connectivity index (χ1) is 7.39. The van der Waals surface area contributed by atoms with Crippen LogP contribution in [0.1, 0.15) is 19.4 Å². The van der Waals surface area contributed by atoms with Crippen LogP contribution in [-0.4, -0.2) is 22.8 Å². The molecule has 0 saturated carbocycles. The Bertz CT molecular complexity index is 411. The van der Waals surface area contributed by atoms with Crippen LogP contribution in [0.25, 0.3) is 0 Å². The summed E-state index contributed by atoms with van der Waals surface area (Å²) < 4.78 is 0.935. The second-order valence-electron chi connectivity index (χ2n) is 3.81. The lowest BCUT2D eigenvalue weighted by Gasteiger charge is -2.13. The van der Waals surface area contributed by atoms with Gasteiger partial charge in [0.15, 0.2) is 0 Å². The van der Waals surface area contributed by atoms with Crippen LogP contribution >= 0.6 is 15.9 Å². The zero-order valence-electron chi connectivity index (χ0n) is 9.07. The molecular formula is C11H13BrN2O2. The van der Waals surface area contributed by atoms with Crippen molar-refractivity contribution in [3.05, 3.63) is 34.3 Å². The van der Waals surface area contributed by atoms with E-state index in [9.17, 15) is 9.90 Å². The van der Waals surface area contributed by atoms with E-state index in [4.69, 9.17) is 0 Å². The molecule has 0 saturated heterocycles. The molecule has 1 aromatic rings. The molecule has 86 valence electrons. The van der Waals surface area contributed by atoms with Gasteiger partial charge in [-0.05, 0) is 31.5 Å². The molecule has 0 radical (unpaired) electrons. The number of hydrogen-bond acceptors (Lipinski definition) is 3. The van der Waals surface area contributed by atoms with Gasteiger partial charge in [-0.15, -0.1) is 0 Å². The van der Waals surface area contributed by atoms with Gasteiger partial charge in [0.05, 0.1) is 6.21 Å². The van der Waals surface area contributed by atoms with Crippen molar-refractivity contribution in [3.8, 4) is 0 Å². The average Bonchev–Trinajstić information content (AvgIpc) is 2.16. The van der Waals surface area contributed by atoms with Crippen LogP contribution in [0.15, 0.2) is 33.8 Å². The SMILES string of the molecule is CC(C)(O)C(=O)N/N=C\c1cccc(Br)c1. The summed E-state index contributed by atoms with van der Waals surface area (Å²) in [7, 11) is 0. The minimum atomic E-state index is -1.42. The molecular weight excluding hydrogens is 272 g/mol. The molecule has 1 amide bonds. The van der Waals surface area contributed by atoms with Crippen LogP contribution in [0.5, 0.6) is 0 Å². The molecule has 0 spiro atoms. The number of hydrazone groups is 1. The summed E-state index contributed by atoms with van der Waals surface area (Å²) in [5.74, 6) is -0.543. The van der Waals surface area contributed by atoms with Crippen molar-refractivity contribution in [2.24, 2.45) is 5.10 Å². The third kappa shape index (κ3) is 4.12. The number of amides is 1. The van der Waals surface area contributed by atoms with Gasteiger partial charge in [0.2, 0.25) is 0 Å². The largest absolute Gasteiger partial charge is 0.381 e. The highest BCUT2D eigenvalue weighted by molar-refractivity contribution is 9.10. The van der Waals surface area contributed by atoms with Crippen molar-refractivity contribution in [2.45, 2.75) is 19.4 Å². The Morgan fingerprint density at radius 3 is 2.81 bits per heavy atom. The number of nitrogens with one attached hydrogen (secondary N) is 1. The molecule has 1 aromatic carbocycles. The van der Waals surface area contributed by atoms with Gasteiger partial charge < -0.3 is 5.11 Å². The summed E-state index contributed by atoms with van der Waals surface area (Å²) in [5, 5.41) is 13.1. The first-order valence-corrected chi connectivity index (χ1v) is 5.50. The van der Waals surface area contributed by atoms with Crippen LogP contribution in [0, 0.1) is 0 Å². The monoisotopic (exact) mass is 284 g/mol. The zero-order valence-corrected chi connectivity index (χ0v) is 10.7. The average molecular weight is 285 g/mol. The van der Waals surface area contributed by atoms with Gasteiger partial charge in [0.1, 0.15) is 5.60 Å². The van der Waals surface area contributed by atoms with Crippen LogP contribution in [0.2, 0.25) is 0 Å². The van der Waals surface area contributed by atoms with E-state index in [1.807, 2.05) is 24.3 Å². The third-order valence-electron chi connectivity index (χ3n) is 1.78. The van der Waals surface area contributed by atoms with Gasteiger partial charge in [0, 0.05) is 4.47 Å². The molecule has 0 aliphatic heterocycles.